The van der Waals surface area contributed by atoms with E-state index in [0.717, 1.165) is 31.5 Å². The maximum absolute atomic E-state index is 10.1. The molecule has 0 bridgehead atoms. The minimum atomic E-state index is -0.499. The number of benzene rings is 1. The van der Waals surface area contributed by atoms with Crippen LogP contribution in [-0.4, -0.2) is 41.4 Å². The molecule has 0 saturated heterocycles. The SMILES string of the molecule is CCCCN(CCO)CCC(O)c1cccc(Cl)c1. The van der Waals surface area contributed by atoms with Crippen molar-refractivity contribution in [1.29, 1.82) is 0 Å². The third kappa shape index (κ3) is 6.39. The fourth-order valence-electron chi connectivity index (χ4n) is 2.04. The van der Waals surface area contributed by atoms with Crippen LogP contribution in [0.5, 0.6) is 0 Å². The van der Waals surface area contributed by atoms with Gasteiger partial charge in [-0.05, 0) is 37.1 Å². The van der Waals surface area contributed by atoms with Gasteiger partial charge in [0, 0.05) is 18.1 Å². The minimum Gasteiger partial charge on any atom is -0.395 e. The van der Waals surface area contributed by atoms with E-state index in [9.17, 15) is 5.11 Å². The van der Waals surface area contributed by atoms with E-state index in [2.05, 4.69) is 11.8 Å². The number of aliphatic hydroxyl groups excluding tert-OH is 2. The van der Waals surface area contributed by atoms with Gasteiger partial charge >= 0.3 is 0 Å². The largest absolute Gasteiger partial charge is 0.395 e. The second-order valence-electron chi connectivity index (χ2n) is 4.78. The van der Waals surface area contributed by atoms with Crippen LogP contribution in [0.15, 0.2) is 24.3 Å². The average Bonchev–Trinajstić information content (AvgIpc) is 2.41. The fraction of sp³-hybridized carbons (Fsp3) is 0.600. The van der Waals surface area contributed by atoms with E-state index < -0.39 is 6.10 Å². The number of hydrogen-bond acceptors (Lipinski definition) is 3. The van der Waals surface area contributed by atoms with E-state index in [0.29, 0.717) is 18.0 Å². The van der Waals surface area contributed by atoms with Crippen LogP contribution in [0.4, 0.5) is 0 Å². The molecule has 0 aliphatic heterocycles. The highest BCUT2D eigenvalue weighted by Crippen LogP contribution is 2.20. The van der Waals surface area contributed by atoms with Crippen molar-refractivity contribution >= 4 is 11.6 Å². The summed E-state index contributed by atoms with van der Waals surface area (Å²) in [7, 11) is 0. The van der Waals surface area contributed by atoms with Crippen molar-refractivity contribution < 1.29 is 10.2 Å². The van der Waals surface area contributed by atoms with Crippen LogP contribution in [0.2, 0.25) is 5.02 Å². The number of rotatable bonds is 9. The molecular formula is C15H24ClNO2. The summed E-state index contributed by atoms with van der Waals surface area (Å²) in [4.78, 5) is 2.19. The summed E-state index contributed by atoms with van der Waals surface area (Å²) < 4.78 is 0. The van der Waals surface area contributed by atoms with Gasteiger partial charge in [-0.1, -0.05) is 37.1 Å². The number of nitrogens with zero attached hydrogens (tertiary/aromatic N) is 1. The van der Waals surface area contributed by atoms with Gasteiger partial charge in [0.1, 0.15) is 0 Å². The Labute approximate surface area is 120 Å². The van der Waals surface area contributed by atoms with Crippen molar-refractivity contribution in [2.75, 3.05) is 26.2 Å². The summed E-state index contributed by atoms with van der Waals surface area (Å²) in [6, 6.07) is 7.34. The van der Waals surface area contributed by atoms with E-state index >= 15 is 0 Å². The quantitative estimate of drug-likeness (QED) is 0.733. The highest BCUT2D eigenvalue weighted by atomic mass is 35.5. The lowest BCUT2D eigenvalue weighted by atomic mass is 10.1. The summed E-state index contributed by atoms with van der Waals surface area (Å²) in [6.07, 6.45) is 2.41. The van der Waals surface area contributed by atoms with Crippen LogP contribution in [0, 0.1) is 0 Å². The number of aliphatic hydroxyl groups is 2. The van der Waals surface area contributed by atoms with Crippen molar-refractivity contribution in [2.24, 2.45) is 0 Å². The molecule has 0 radical (unpaired) electrons. The Morgan fingerprint density at radius 1 is 1.26 bits per heavy atom. The molecule has 0 spiro atoms. The molecule has 1 atom stereocenters. The lowest BCUT2D eigenvalue weighted by molar-refractivity contribution is 0.130. The Morgan fingerprint density at radius 2 is 2.05 bits per heavy atom. The van der Waals surface area contributed by atoms with Gasteiger partial charge in [-0.3, -0.25) is 0 Å². The van der Waals surface area contributed by atoms with Crippen molar-refractivity contribution in [1.82, 2.24) is 4.90 Å². The Bertz CT molecular complexity index is 360. The number of halogens is 1. The van der Waals surface area contributed by atoms with E-state index in [1.807, 2.05) is 12.1 Å². The predicted octanol–water partition coefficient (Wildman–Crippen LogP) is 2.86. The third-order valence-electron chi connectivity index (χ3n) is 3.20. The highest BCUT2D eigenvalue weighted by molar-refractivity contribution is 6.30. The lowest BCUT2D eigenvalue weighted by Crippen LogP contribution is -2.30. The summed E-state index contributed by atoms with van der Waals surface area (Å²) in [5.74, 6) is 0. The van der Waals surface area contributed by atoms with Gasteiger partial charge in [-0.2, -0.15) is 0 Å². The Hall–Kier alpha value is -0.610. The van der Waals surface area contributed by atoms with Gasteiger partial charge in [0.2, 0.25) is 0 Å². The van der Waals surface area contributed by atoms with Gasteiger partial charge in [0.15, 0.2) is 0 Å². The summed E-state index contributed by atoms with van der Waals surface area (Å²) in [5.41, 5.74) is 0.854. The smallest absolute Gasteiger partial charge is 0.0802 e. The predicted molar refractivity (Wildman–Crippen MR) is 79.5 cm³/mol. The fourth-order valence-corrected chi connectivity index (χ4v) is 2.24. The lowest BCUT2D eigenvalue weighted by Gasteiger charge is -2.22. The molecule has 19 heavy (non-hydrogen) atoms. The first-order valence-corrected chi connectivity index (χ1v) is 7.32. The zero-order valence-electron chi connectivity index (χ0n) is 11.6. The molecule has 2 N–H and O–H groups in total. The van der Waals surface area contributed by atoms with Gasteiger partial charge in [0.25, 0.3) is 0 Å². The van der Waals surface area contributed by atoms with E-state index in [1.165, 1.54) is 0 Å². The summed E-state index contributed by atoms with van der Waals surface area (Å²) >= 11 is 5.92. The third-order valence-corrected chi connectivity index (χ3v) is 3.43. The molecule has 1 rings (SSSR count). The molecule has 4 heteroatoms. The highest BCUT2D eigenvalue weighted by Gasteiger charge is 2.11. The molecule has 3 nitrogen and oxygen atoms in total. The second-order valence-corrected chi connectivity index (χ2v) is 5.21. The maximum atomic E-state index is 10.1. The molecule has 0 aliphatic carbocycles. The minimum absolute atomic E-state index is 0.164. The van der Waals surface area contributed by atoms with E-state index in [-0.39, 0.29) is 6.61 Å². The molecular weight excluding hydrogens is 262 g/mol. The van der Waals surface area contributed by atoms with Crippen molar-refractivity contribution in [3.05, 3.63) is 34.9 Å². The summed E-state index contributed by atoms with van der Waals surface area (Å²) in [5, 5.41) is 19.8. The molecule has 0 fully saturated rings. The number of unbranched alkanes of at least 4 members (excludes halogenated alkanes) is 1. The van der Waals surface area contributed by atoms with E-state index in [4.69, 9.17) is 16.7 Å². The van der Waals surface area contributed by atoms with Crippen molar-refractivity contribution in [3.63, 3.8) is 0 Å². The zero-order valence-corrected chi connectivity index (χ0v) is 12.3. The molecule has 0 aliphatic rings. The molecule has 1 unspecified atom stereocenters. The van der Waals surface area contributed by atoms with Gasteiger partial charge in [0.05, 0.1) is 12.7 Å². The van der Waals surface area contributed by atoms with Crippen molar-refractivity contribution in [3.8, 4) is 0 Å². The van der Waals surface area contributed by atoms with Gasteiger partial charge in [-0.15, -0.1) is 0 Å². The van der Waals surface area contributed by atoms with Gasteiger partial charge in [-0.25, -0.2) is 0 Å². The van der Waals surface area contributed by atoms with Crippen LogP contribution in [0.25, 0.3) is 0 Å². The zero-order chi connectivity index (χ0) is 14.1. The van der Waals surface area contributed by atoms with Gasteiger partial charge < -0.3 is 15.1 Å². The average molecular weight is 286 g/mol. The first-order chi connectivity index (χ1) is 9.17. The number of hydrogen-bond donors (Lipinski definition) is 2. The monoisotopic (exact) mass is 285 g/mol. The Kier molecular flexibility index (Phi) is 8.07. The van der Waals surface area contributed by atoms with Crippen LogP contribution in [0.3, 0.4) is 0 Å². The Morgan fingerprint density at radius 3 is 2.68 bits per heavy atom. The Balaban J connectivity index is 2.44. The van der Waals surface area contributed by atoms with Crippen LogP contribution >= 0.6 is 11.6 Å². The first kappa shape index (κ1) is 16.4. The summed E-state index contributed by atoms with van der Waals surface area (Å²) in [6.45, 7) is 4.74. The first-order valence-electron chi connectivity index (χ1n) is 6.94. The maximum Gasteiger partial charge on any atom is 0.0802 e. The molecule has 0 saturated carbocycles. The molecule has 0 heterocycles. The van der Waals surface area contributed by atoms with Crippen LogP contribution in [-0.2, 0) is 0 Å². The van der Waals surface area contributed by atoms with E-state index in [1.54, 1.807) is 12.1 Å². The molecule has 0 aromatic heterocycles. The standard InChI is InChI=1S/C15H24ClNO2/c1-2-3-8-17(10-11-18)9-7-15(19)13-5-4-6-14(16)12-13/h4-6,12,15,18-19H,2-3,7-11H2,1H3. The second kappa shape index (κ2) is 9.32. The normalized spacial score (nSPS) is 12.9. The molecule has 0 amide bonds. The molecule has 1 aromatic carbocycles. The molecule has 1 aromatic rings. The topological polar surface area (TPSA) is 43.7 Å². The van der Waals surface area contributed by atoms with Crippen LogP contribution < -0.4 is 0 Å². The van der Waals surface area contributed by atoms with Crippen LogP contribution in [0.1, 0.15) is 37.9 Å². The van der Waals surface area contributed by atoms with Crippen molar-refractivity contribution in [2.45, 2.75) is 32.3 Å². The molecule has 108 valence electrons.